The first-order valence-electron chi connectivity index (χ1n) is 3.03. The molecule has 0 aromatic carbocycles. The largest absolute Gasteiger partial charge is 0.147 e. The van der Waals surface area contributed by atoms with Gasteiger partial charge in [0.15, 0.2) is 0 Å². The van der Waals surface area contributed by atoms with Gasteiger partial charge in [0.25, 0.3) is 0 Å². The molecular formula is C8H11S+. The van der Waals surface area contributed by atoms with E-state index in [0.717, 1.165) is 11.7 Å². The first-order valence-corrected chi connectivity index (χ1v) is 5.13. The van der Waals surface area contributed by atoms with Crippen LogP contribution in [0, 0.1) is 0 Å². The van der Waals surface area contributed by atoms with E-state index in [9.17, 15) is 0 Å². The minimum atomic E-state index is 0.509. The third-order valence-corrected chi connectivity index (χ3v) is 2.95. The molecule has 0 heterocycles. The SMILES string of the molecule is C[S+](C)C1C=C=C=CC1. The lowest BCUT2D eigenvalue weighted by Crippen LogP contribution is -2.15. The Labute approximate surface area is 59.3 Å². The predicted octanol–water partition coefficient (Wildman–Crippen LogP) is 1.50. The highest BCUT2D eigenvalue weighted by atomic mass is 32.2. The first kappa shape index (κ1) is 6.77. The summed E-state index contributed by atoms with van der Waals surface area (Å²) in [6, 6.07) is 0. The first-order chi connectivity index (χ1) is 4.30. The van der Waals surface area contributed by atoms with Gasteiger partial charge in [0.2, 0.25) is 0 Å². The van der Waals surface area contributed by atoms with Crippen molar-refractivity contribution in [2.45, 2.75) is 11.7 Å². The fourth-order valence-electron chi connectivity index (χ4n) is 0.772. The molecule has 1 rings (SSSR count). The summed E-state index contributed by atoms with van der Waals surface area (Å²) >= 11 is 0. The van der Waals surface area contributed by atoms with Crippen LogP contribution >= 0.6 is 0 Å². The molecule has 48 valence electrons. The highest BCUT2D eigenvalue weighted by Gasteiger charge is 2.16. The summed E-state index contributed by atoms with van der Waals surface area (Å²) in [5.74, 6) is 0. The average molecular weight is 139 g/mol. The molecule has 0 saturated carbocycles. The second kappa shape index (κ2) is 2.98. The Kier molecular flexibility index (Phi) is 2.24. The molecule has 0 aromatic rings. The van der Waals surface area contributed by atoms with Crippen LogP contribution in [0.4, 0.5) is 0 Å². The molecule has 0 spiro atoms. The summed E-state index contributed by atoms with van der Waals surface area (Å²) in [6.07, 6.45) is 9.88. The Bertz CT molecular complexity index is 179. The highest BCUT2D eigenvalue weighted by molar-refractivity contribution is 7.96. The second-order valence-corrected chi connectivity index (χ2v) is 4.68. The van der Waals surface area contributed by atoms with Crippen LogP contribution < -0.4 is 0 Å². The van der Waals surface area contributed by atoms with Crippen LogP contribution in [0.15, 0.2) is 23.6 Å². The van der Waals surface area contributed by atoms with Crippen molar-refractivity contribution in [2.24, 2.45) is 0 Å². The van der Waals surface area contributed by atoms with E-state index in [0.29, 0.717) is 10.9 Å². The van der Waals surface area contributed by atoms with Gasteiger partial charge in [-0.2, -0.15) is 0 Å². The summed E-state index contributed by atoms with van der Waals surface area (Å²) < 4.78 is 0. The van der Waals surface area contributed by atoms with Gasteiger partial charge >= 0.3 is 0 Å². The van der Waals surface area contributed by atoms with Crippen LogP contribution in [0.5, 0.6) is 0 Å². The maximum Gasteiger partial charge on any atom is 0.147 e. The minimum absolute atomic E-state index is 0.509. The maximum atomic E-state index is 2.99. The fourth-order valence-corrected chi connectivity index (χ4v) is 1.59. The molecule has 0 aliphatic heterocycles. The van der Waals surface area contributed by atoms with Crippen molar-refractivity contribution >= 4 is 10.9 Å². The Morgan fingerprint density at radius 2 is 2.22 bits per heavy atom. The molecule has 0 N–H and O–H groups in total. The van der Waals surface area contributed by atoms with E-state index in [2.05, 4.69) is 36.1 Å². The summed E-state index contributed by atoms with van der Waals surface area (Å²) in [5.41, 5.74) is 5.94. The molecule has 1 aliphatic carbocycles. The van der Waals surface area contributed by atoms with Crippen LogP contribution in [0.1, 0.15) is 6.42 Å². The van der Waals surface area contributed by atoms with E-state index in [1.165, 1.54) is 0 Å². The lowest BCUT2D eigenvalue weighted by Gasteiger charge is -2.04. The van der Waals surface area contributed by atoms with Crippen molar-refractivity contribution in [2.75, 3.05) is 12.5 Å². The van der Waals surface area contributed by atoms with Gasteiger partial charge < -0.3 is 0 Å². The topological polar surface area (TPSA) is 0 Å². The molecule has 1 aliphatic rings. The molecule has 1 atom stereocenters. The van der Waals surface area contributed by atoms with Crippen LogP contribution in [-0.4, -0.2) is 17.8 Å². The zero-order valence-electron chi connectivity index (χ0n) is 5.85. The van der Waals surface area contributed by atoms with Crippen LogP contribution in [0.3, 0.4) is 0 Å². The van der Waals surface area contributed by atoms with Crippen molar-refractivity contribution in [3.05, 3.63) is 23.6 Å². The summed E-state index contributed by atoms with van der Waals surface area (Å²) in [5, 5.41) is 0.728. The quantitative estimate of drug-likeness (QED) is 0.381. The lowest BCUT2D eigenvalue weighted by molar-refractivity contribution is 1.06. The van der Waals surface area contributed by atoms with Crippen LogP contribution in [-0.2, 0) is 10.9 Å². The number of rotatable bonds is 1. The number of allylic oxidation sites excluding steroid dienone is 1. The Morgan fingerprint density at radius 1 is 1.44 bits per heavy atom. The smallest absolute Gasteiger partial charge is 0.0746 e. The van der Waals surface area contributed by atoms with Gasteiger partial charge in [0.1, 0.15) is 5.25 Å². The molecule has 9 heavy (non-hydrogen) atoms. The lowest BCUT2D eigenvalue weighted by atomic mass is 10.2. The van der Waals surface area contributed by atoms with E-state index < -0.39 is 0 Å². The molecule has 1 heteroatoms. The van der Waals surface area contributed by atoms with Gasteiger partial charge in [0, 0.05) is 12.5 Å². The second-order valence-electron chi connectivity index (χ2n) is 2.31. The molecule has 0 fully saturated rings. The van der Waals surface area contributed by atoms with Crippen molar-refractivity contribution in [3.63, 3.8) is 0 Å². The van der Waals surface area contributed by atoms with Crippen molar-refractivity contribution in [1.29, 1.82) is 0 Å². The van der Waals surface area contributed by atoms with E-state index >= 15 is 0 Å². The van der Waals surface area contributed by atoms with E-state index in [-0.39, 0.29) is 0 Å². The summed E-state index contributed by atoms with van der Waals surface area (Å²) in [4.78, 5) is 0. The average Bonchev–Trinajstić information content (AvgIpc) is 1.90. The zero-order valence-corrected chi connectivity index (χ0v) is 6.66. The predicted molar refractivity (Wildman–Crippen MR) is 43.8 cm³/mol. The molecule has 0 radical (unpaired) electrons. The van der Waals surface area contributed by atoms with Gasteiger partial charge in [-0.05, 0) is 17.0 Å². The molecule has 0 nitrogen and oxygen atoms in total. The van der Waals surface area contributed by atoms with Gasteiger partial charge in [0.05, 0.1) is 12.5 Å². The number of hydrogen-bond donors (Lipinski definition) is 0. The van der Waals surface area contributed by atoms with Crippen LogP contribution in [0.25, 0.3) is 0 Å². The van der Waals surface area contributed by atoms with Crippen LogP contribution in [0.2, 0.25) is 0 Å². The third-order valence-electron chi connectivity index (χ3n) is 1.41. The zero-order chi connectivity index (χ0) is 6.69. The van der Waals surface area contributed by atoms with Gasteiger partial charge in [-0.1, -0.05) is 11.5 Å². The summed E-state index contributed by atoms with van der Waals surface area (Å²) in [6.45, 7) is 0. The minimum Gasteiger partial charge on any atom is -0.0746 e. The Balaban J connectivity index is 2.61. The molecule has 1 unspecified atom stereocenters. The molecular weight excluding hydrogens is 128 g/mol. The standard InChI is InChI=1S/C8H11S/c1-9(2)8-6-4-3-5-7-8/h4,7-8H,6H2,1-2H3/q+1. The monoisotopic (exact) mass is 139 g/mol. The Hall–Kier alpha value is -0.350. The summed E-state index contributed by atoms with van der Waals surface area (Å²) in [7, 11) is 0.509. The normalized spacial score (nSPS) is 23.7. The van der Waals surface area contributed by atoms with Crippen molar-refractivity contribution in [3.8, 4) is 0 Å². The maximum absolute atomic E-state index is 2.99. The highest BCUT2D eigenvalue weighted by Crippen LogP contribution is 2.08. The van der Waals surface area contributed by atoms with Gasteiger partial charge in [-0.15, -0.1) is 0 Å². The van der Waals surface area contributed by atoms with Crippen molar-refractivity contribution in [1.82, 2.24) is 0 Å². The molecule has 0 saturated heterocycles. The Morgan fingerprint density at radius 3 is 2.56 bits per heavy atom. The number of hydrogen-bond acceptors (Lipinski definition) is 0. The van der Waals surface area contributed by atoms with E-state index in [4.69, 9.17) is 0 Å². The van der Waals surface area contributed by atoms with E-state index in [1.807, 2.05) is 0 Å². The fraction of sp³-hybridized carbons (Fsp3) is 0.500. The van der Waals surface area contributed by atoms with Gasteiger partial charge in [-0.3, -0.25) is 0 Å². The van der Waals surface area contributed by atoms with Gasteiger partial charge in [-0.25, -0.2) is 0 Å². The molecule has 0 aromatic heterocycles. The molecule has 0 amide bonds. The van der Waals surface area contributed by atoms with Crippen molar-refractivity contribution < 1.29 is 0 Å². The van der Waals surface area contributed by atoms with E-state index in [1.54, 1.807) is 0 Å². The molecule has 0 bridgehead atoms. The third kappa shape index (κ3) is 1.80.